The van der Waals surface area contributed by atoms with Gasteiger partial charge in [0.2, 0.25) is 0 Å². The van der Waals surface area contributed by atoms with Gasteiger partial charge in [0.25, 0.3) is 17.5 Å². The second-order valence-corrected chi connectivity index (χ2v) is 7.83. The summed E-state index contributed by atoms with van der Waals surface area (Å²) in [5.74, 6) is -1.12. The summed E-state index contributed by atoms with van der Waals surface area (Å²) in [6.45, 7) is 0. The number of carbonyl (C=O) groups excluding carboxylic acids is 2. The molecular weight excluding hydrogens is 520 g/mol. The average Bonchev–Trinajstić information content (AvgIpc) is 2.86. The summed E-state index contributed by atoms with van der Waals surface area (Å²) in [6, 6.07) is 16.8. The molecule has 0 unspecified atom stereocenters. The Labute approximate surface area is 208 Å². The SMILES string of the molecule is COc1cc(/C=N/NC(=O)/C(=C/c2ccc([N+](=O)[O-])cc2)NC(=O)c2ccccc2)cc(Br)c1O. The predicted octanol–water partition coefficient (Wildman–Crippen LogP) is 3.99. The van der Waals surface area contributed by atoms with Gasteiger partial charge in [-0.2, -0.15) is 5.10 Å². The molecule has 3 aromatic rings. The molecule has 0 fully saturated rings. The smallest absolute Gasteiger partial charge is 0.287 e. The molecule has 10 nitrogen and oxygen atoms in total. The third-order valence-corrected chi connectivity index (χ3v) is 5.20. The van der Waals surface area contributed by atoms with Crippen LogP contribution >= 0.6 is 15.9 Å². The highest BCUT2D eigenvalue weighted by atomic mass is 79.9. The quantitative estimate of drug-likeness (QED) is 0.171. The number of halogens is 1. The largest absolute Gasteiger partial charge is 0.503 e. The summed E-state index contributed by atoms with van der Waals surface area (Å²) in [6.07, 6.45) is 2.70. The van der Waals surface area contributed by atoms with Crippen LogP contribution in [0, 0.1) is 10.1 Å². The lowest BCUT2D eigenvalue weighted by Crippen LogP contribution is -2.32. The number of benzene rings is 3. The molecule has 11 heteroatoms. The molecule has 0 aliphatic heterocycles. The Hall–Kier alpha value is -4.51. The Bertz CT molecular complexity index is 1310. The van der Waals surface area contributed by atoms with Crippen molar-refractivity contribution in [2.45, 2.75) is 0 Å². The number of aromatic hydroxyl groups is 1. The molecule has 2 amide bonds. The maximum Gasteiger partial charge on any atom is 0.287 e. The molecule has 0 bridgehead atoms. The van der Waals surface area contributed by atoms with Crippen LogP contribution in [0.15, 0.2) is 82.0 Å². The third kappa shape index (κ3) is 6.74. The summed E-state index contributed by atoms with van der Waals surface area (Å²) in [7, 11) is 1.40. The molecule has 0 saturated heterocycles. The number of hydrogen-bond donors (Lipinski definition) is 3. The normalized spacial score (nSPS) is 11.2. The van der Waals surface area contributed by atoms with Crippen molar-refractivity contribution in [2.24, 2.45) is 5.10 Å². The molecule has 3 aromatic carbocycles. The maximum absolute atomic E-state index is 12.8. The van der Waals surface area contributed by atoms with Crippen LogP contribution in [0.2, 0.25) is 0 Å². The summed E-state index contributed by atoms with van der Waals surface area (Å²) < 4.78 is 5.45. The molecule has 0 atom stereocenters. The lowest BCUT2D eigenvalue weighted by atomic mass is 10.1. The van der Waals surface area contributed by atoms with E-state index in [0.29, 0.717) is 21.2 Å². The van der Waals surface area contributed by atoms with Gasteiger partial charge in [0.05, 0.1) is 22.7 Å². The van der Waals surface area contributed by atoms with Gasteiger partial charge in [-0.3, -0.25) is 19.7 Å². The van der Waals surface area contributed by atoms with Crippen molar-refractivity contribution in [2.75, 3.05) is 7.11 Å². The molecule has 178 valence electrons. The first kappa shape index (κ1) is 25.1. The average molecular weight is 539 g/mol. The molecule has 0 aromatic heterocycles. The number of hydrazone groups is 1. The third-order valence-electron chi connectivity index (χ3n) is 4.59. The van der Waals surface area contributed by atoms with E-state index in [0.717, 1.165) is 0 Å². The van der Waals surface area contributed by atoms with E-state index in [4.69, 9.17) is 4.74 Å². The van der Waals surface area contributed by atoms with Crippen LogP contribution < -0.4 is 15.5 Å². The van der Waals surface area contributed by atoms with Crippen LogP contribution in [-0.2, 0) is 4.79 Å². The van der Waals surface area contributed by atoms with Crippen LogP contribution in [-0.4, -0.2) is 35.2 Å². The van der Waals surface area contributed by atoms with Gasteiger partial charge in [-0.1, -0.05) is 18.2 Å². The van der Waals surface area contributed by atoms with Crippen LogP contribution in [0.4, 0.5) is 5.69 Å². The predicted molar refractivity (Wildman–Crippen MR) is 133 cm³/mol. The number of ether oxygens (including phenoxy) is 1. The fourth-order valence-corrected chi connectivity index (χ4v) is 3.31. The van der Waals surface area contributed by atoms with E-state index in [-0.39, 0.29) is 22.9 Å². The van der Waals surface area contributed by atoms with E-state index in [1.54, 1.807) is 36.4 Å². The molecule has 35 heavy (non-hydrogen) atoms. The molecule has 0 radical (unpaired) electrons. The number of phenols is 1. The highest BCUT2D eigenvalue weighted by Gasteiger charge is 2.15. The minimum atomic E-state index is -0.728. The van der Waals surface area contributed by atoms with Gasteiger partial charge in [-0.05, 0) is 69.5 Å². The van der Waals surface area contributed by atoms with Crippen molar-refractivity contribution < 1.29 is 24.4 Å². The number of phenolic OH excluding ortho intramolecular Hbond substituents is 1. The van der Waals surface area contributed by atoms with E-state index < -0.39 is 16.7 Å². The second kappa shape index (κ2) is 11.6. The van der Waals surface area contributed by atoms with Gasteiger partial charge < -0.3 is 15.2 Å². The number of nitro benzene ring substituents is 1. The molecule has 3 N–H and O–H groups in total. The van der Waals surface area contributed by atoms with E-state index in [1.165, 1.54) is 49.7 Å². The van der Waals surface area contributed by atoms with Crippen LogP contribution in [0.25, 0.3) is 6.08 Å². The van der Waals surface area contributed by atoms with Crippen LogP contribution in [0.3, 0.4) is 0 Å². The molecular formula is C24H19BrN4O6. The minimum absolute atomic E-state index is 0.0781. The van der Waals surface area contributed by atoms with Crippen LogP contribution in [0.1, 0.15) is 21.5 Å². The van der Waals surface area contributed by atoms with E-state index in [1.807, 2.05) is 0 Å². The Morgan fingerprint density at radius 3 is 2.40 bits per heavy atom. The first-order valence-corrected chi connectivity index (χ1v) is 10.8. The van der Waals surface area contributed by atoms with Crippen molar-refractivity contribution in [3.05, 3.63) is 104 Å². The van der Waals surface area contributed by atoms with Crippen molar-refractivity contribution in [3.8, 4) is 11.5 Å². The van der Waals surface area contributed by atoms with Gasteiger partial charge >= 0.3 is 0 Å². The summed E-state index contributed by atoms with van der Waals surface area (Å²) in [4.78, 5) is 35.8. The lowest BCUT2D eigenvalue weighted by Gasteiger charge is -2.09. The van der Waals surface area contributed by atoms with Gasteiger partial charge in [0.15, 0.2) is 11.5 Å². The zero-order valence-electron chi connectivity index (χ0n) is 18.3. The Morgan fingerprint density at radius 1 is 1.09 bits per heavy atom. The molecule has 3 rings (SSSR count). The number of nitrogens with one attached hydrogen (secondary N) is 2. The number of non-ortho nitro benzene ring substituents is 1. The highest BCUT2D eigenvalue weighted by molar-refractivity contribution is 9.10. The van der Waals surface area contributed by atoms with Gasteiger partial charge in [0, 0.05) is 17.7 Å². The van der Waals surface area contributed by atoms with Gasteiger partial charge in [-0.25, -0.2) is 5.43 Å². The Balaban J connectivity index is 1.84. The Morgan fingerprint density at radius 2 is 1.77 bits per heavy atom. The summed E-state index contributed by atoms with van der Waals surface area (Å²) in [5, 5.41) is 27.2. The molecule has 0 saturated carbocycles. The van der Waals surface area contributed by atoms with Crippen molar-refractivity contribution in [1.29, 1.82) is 0 Å². The molecule has 0 heterocycles. The number of carbonyl (C=O) groups is 2. The maximum atomic E-state index is 12.8. The van der Waals surface area contributed by atoms with E-state index >= 15 is 0 Å². The topological polar surface area (TPSA) is 143 Å². The first-order chi connectivity index (χ1) is 16.8. The number of amides is 2. The summed E-state index contributed by atoms with van der Waals surface area (Å²) in [5.41, 5.74) is 3.39. The monoisotopic (exact) mass is 538 g/mol. The number of nitrogens with zero attached hydrogens (tertiary/aromatic N) is 2. The zero-order valence-corrected chi connectivity index (χ0v) is 19.9. The standard InChI is InChI=1S/C24H19BrN4O6/c1-35-21-13-16(11-19(25)22(21)30)14-26-28-24(32)20(27-23(31)17-5-3-2-4-6-17)12-15-7-9-18(10-8-15)29(33)34/h2-14,30H,1H3,(H,27,31)(H,28,32)/b20-12-,26-14+. The fraction of sp³-hybridized carbons (Fsp3) is 0.0417. The summed E-state index contributed by atoms with van der Waals surface area (Å²) >= 11 is 3.20. The van der Waals surface area contributed by atoms with Crippen molar-refractivity contribution >= 4 is 45.7 Å². The fourth-order valence-electron chi connectivity index (χ4n) is 2.85. The van der Waals surface area contributed by atoms with E-state index in [9.17, 15) is 24.8 Å². The zero-order chi connectivity index (χ0) is 25.4. The molecule has 0 aliphatic carbocycles. The second-order valence-electron chi connectivity index (χ2n) is 6.98. The van der Waals surface area contributed by atoms with Gasteiger partial charge in [0.1, 0.15) is 5.70 Å². The number of nitro groups is 1. The first-order valence-electron chi connectivity index (χ1n) is 10.0. The van der Waals surface area contributed by atoms with E-state index in [2.05, 4.69) is 31.8 Å². The van der Waals surface area contributed by atoms with Crippen molar-refractivity contribution in [3.63, 3.8) is 0 Å². The highest BCUT2D eigenvalue weighted by Crippen LogP contribution is 2.34. The minimum Gasteiger partial charge on any atom is -0.503 e. The molecule has 0 spiro atoms. The van der Waals surface area contributed by atoms with Crippen LogP contribution in [0.5, 0.6) is 11.5 Å². The lowest BCUT2D eigenvalue weighted by molar-refractivity contribution is -0.384. The Kier molecular flexibility index (Phi) is 8.30. The number of methoxy groups -OCH3 is 1. The number of hydrogen-bond acceptors (Lipinski definition) is 7. The van der Waals surface area contributed by atoms with Gasteiger partial charge in [-0.15, -0.1) is 0 Å². The molecule has 0 aliphatic rings. The van der Waals surface area contributed by atoms with Crippen molar-refractivity contribution in [1.82, 2.24) is 10.7 Å². The number of rotatable bonds is 8.